The lowest BCUT2D eigenvalue weighted by Crippen LogP contribution is -2.42. The summed E-state index contributed by atoms with van der Waals surface area (Å²) >= 11 is 5.92. The molecule has 8 nitrogen and oxygen atoms in total. The Kier molecular flexibility index (Phi) is 6.03. The van der Waals surface area contributed by atoms with E-state index in [1.54, 1.807) is 30.5 Å². The van der Waals surface area contributed by atoms with Gasteiger partial charge in [-0.15, -0.1) is 0 Å². The summed E-state index contributed by atoms with van der Waals surface area (Å²) in [5.41, 5.74) is 0.189. The fraction of sp³-hybridized carbons (Fsp3) is 0.300. The maximum atomic E-state index is 13.1. The van der Waals surface area contributed by atoms with Crippen LogP contribution < -0.4 is 21.3 Å². The molecular weight excluding hydrogens is 396 g/mol. The number of hydrogen-bond donors (Lipinski definition) is 1. The Morgan fingerprint density at radius 3 is 2.69 bits per heavy atom. The number of carbonyl (C=O) groups excluding carboxylic acids is 1. The number of nitrogens with one attached hydrogen (secondary N) is 1. The van der Waals surface area contributed by atoms with E-state index in [1.807, 2.05) is 13.8 Å². The number of aryl methyl sites for hydroxylation is 2. The van der Waals surface area contributed by atoms with Crippen LogP contribution in [0.25, 0.3) is 11.0 Å². The second-order valence-corrected chi connectivity index (χ2v) is 6.83. The Bertz CT molecular complexity index is 1200. The second-order valence-electron chi connectivity index (χ2n) is 6.39. The number of rotatable bonds is 6. The van der Waals surface area contributed by atoms with Crippen molar-refractivity contribution in [2.45, 2.75) is 26.8 Å². The largest absolute Gasteiger partial charge is 0.493 e. The van der Waals surface area contributed by atoms with Crippen LogP contribution in [0.4, 0.5) is 5.69 Å². The number of ether oxygens (including phenoxy) is 1. The lowest BCUT2D eigenvalue weighted by atomic mass is 10.1. The zero-order valence-corrected chi connectivity index (χ0v) is 17.1. The van der Waals surface area contributed by atoms with Gasteiger partial charge in [0.25, 0.3) is 5.56 Å². The quantitative estimate of drug-likeness (QED) is 0.665. The van der Waals surface area contributed by atoms with Crippen LogP contribution in [0.3, 0.4) is 0 Å². The highest BCUT2D eigenvalue weighted by molar-refractivity contribution is 6.30. The van der Waals surface area contributed by atoms with Crippen molar-refractivity contribution >= 4 is 34.2 Å². The van der Waals surface area contributed by atoms with Gasteiger partial charge in [0, 0.05) is 29.5 Å². The van der Waals surface area contributed by atoms with Gasteiger partial charge in [0.15, 0.2) is 5.65 Å². The molecule has 0 bridgehead atoms. The molecule has 1 amide bonds. The summed E-state index contributed by atoms with van der Waals surface area (Å²) in [5.74, 6) is -0.131. The van der Waals surface area contributed by atoms with Crippen LogP contribution in [0.15, 0.2) is 40.1 Å². The number of fused-ring (bicyclic) bond motifs is 1. The van der Waals surface area contributed by atoms with E-state index in [9.17, 15) is 14.4 Å². The molecule has 9 heteroatoms. The minimum atomic E-state index is -0.636. The summed E-state index contributed by atoms with van der Waals surface area (Å²) < 4.78 is 7.82. The van der Waals surface area contributed by atoms with Gasteiger partial charge in [-0.25, -0.2) is 14.3 Å². The van der Waals surface area contributed by atoms with Crippen LogP contribution in [0.5, 0.6) is 5.75 Å². The van der Waals surface area contributed by atoms with Crippen LogP contribution in [0, 0.1) is 0 Å². The van der Waals surface area contributed by atoms with Crippen molar-refractivity contribution in [3.63, 3.8) is 0 Å². The van der Waals surface area contributed by atoms with Gasteiger partial charge in [-0.3, -0.25) is 14.2 Å². The molecule has 0 aliphatic heterocycles. The van der Waals surface area contributed by atoms with E-state index in [1.165, 1.54) is 11.6 Å². The maximum absolute atomic E-state index is 13.1. The van der Waals surface area contributed by atoms with Crippen molar-refractivity contribution in [2.75, 3.05) is 11.9 Å². The molecule has 0 unspecified atom stereocenters. The summed E-state index contributed by atoms with van der Waals surface area (Å²) in [6, 6.07) is 6.60. The summed E-state index contributed by atoms with van der Waals surface area (Å²) in [6.07, 6.45) is 2.21. The molecule has 0 saturated carbocycles. The number of aromatic nitrogens is 3. The van der Waals surface area contributed by atoms with Crippen molar-refractivity contribution in [1.29, 1.82) is 0 Å². The Hall–Kier alpha value is -3.13. The molecule has 3 aromatic rings. The molecule has 1 N–H and O–H groups in total. The van der Waals surface area contributed by atoms with E-state index >= 15 is 0 Å². The molecule has 0 spiro atoms. The van der Waals surface area contributed by atoms with Crippen LogP contribution in [-0.4, -0.2) is 26.6 Å². The van der Waals surface area contributed by atoms with Crippen LogP contribution in [0.2, 0.25) is 5.02 Å². The number of hydrogen-bond acceptors (Lipinski definition) is 5. The summed E-state index contributed by atoms with van der Waals surface area (Å²) in [4.78, 5) is 42.6. The Morgan fingerprint density at radius 1 is 1.28 bits per heavy atom. The van der Waals surface area contributed by atoms with Gasteiger partial charge >= 0.3 is 5.69 Å². The molecule has 0 radical (unpaired) electrons. The molecule has 0 aliphatic rings. The number of nitrogens with zero attached hydrogens (tertiary/aromatic N) is 3. The molecule has 2 aromatic heterocycles. The number of halogens is 1. The molecular formula is C20H21ClN4O4. The van der Waals surface area contributed by atoms with Gasteiger partial charge in [-0.2, -0.15) is 0 Å². The van der Waals surface area contributed by atoms with Crippen LogP contribution in [0.1, 0.15) is 19.4 Å². The van der Waals surface area contributed by atoms with Gasteiger partial charge in [0.2, 0.25) is 5.91 Å². The first-order valence-corrected chi connectivity index (χ1v) is 9.54. The molecule has 0 saturated heterocycles. The van der Waals surface area contributed by atoms with Gasteiger partial charge in [-0.1, -0.05) is 24.6 Å². The van der Waals surface area contributed by atoms with Crippen LogP contribution in [-0.2, 0) is 24.8 Å². The third-order valence-electron chi connectivity index (χ3n) is 4.46. The first-order valence-electron chi connectivity index (χ1n) is 9.17. The van der Waals surface area contributed by atoms with E-state index in [0.717, 1.165) is 10.1 Å². The molecule has 2 heterocycles. The van der Waals surface area contributed by atoms with Crippen molar-refractivity contribution in [3.8, 4) is 5.75 Å². The summed E-state index contributed by atoms with van der Waals surface area (Å²) in [5, 5.41) is 3.28. The first-order chi connectivity index (χ1) is 13.9. The molecule has 0 aliphatic carbocycles. The molecule has 0 atom stereocenters. The second kappa shape index (κ2) is 8.48. The maximum Gasteiger partial charge on any atom is 0.332 e. The van der Waals surface area contributed by atoms with Crippen LogP contribution >= 0.6 is 11.6 Å². The highest BCUT2D eigenvalue weighted by atomic mass is 35.5. The fourth-order valence-electron chi connectivity index (χ4n) is 3.08. The molecule has 152 valence electrons. The van der Waals surface area contributed by atoms with Crippen molar-refractivity contribution in [3.05, 3.63) is 61.9 Å². The fourth-order valence-corrected chi connectivity index (χ4v) is 3.27. The SMILES string of the molecule is CCOc1c(CC)cnc2c1c(=O)n(CC(=O)Nc1cccc(Cl)c1)c(=O)n2C. The Balaban J connectivity index is 2.10. The highest BCUT2D eigenvalue weighted by Gasteiger charge is 2.20. The summed E-state index contributed by atoms with van der Waals surface area (Å²) in [7, 11) is 1.50. The predicted molar refractivity (Wildman–Crippen MR) is 112 cm³/mol. The number of amides is 1. The lowest BCUT2D eigenvalue weighted by molar-refractivity contribution is -0.116. The van der Waals surface area contributed by atoms with E-state index < -0.39 is 23.7 Å². The topological polar surface area (TPSA) is 95.2 Å². The van der Waals surface area contributed by atoms with E-state index in [0.29, 0.717) is 29.5 Å². The van der Waals surface area contributed by atoms with Gasteiger partial charge in [0.05, 0.1) is 6.61 Å². The number of carbonyl (C=O) groups is 1. The number of benzene rings is 1. The smallest absolute Gasteiger partial charge is 0.332 e. The normalized spacial score (nSPS) is 10.9. The minimum Gasteiger partial charge on any atom is -0.493 e. The van der Waals surface area contributed by atoms with Crippen molar-refractivity contribution in [1.82, 2.24) is 14.1 Å². The zero-order chi connectivity index (χ0) is 21.1. The minimum absolute atomic E-state index is 0.184. The Labute approximate surface area is 171 Å². The predicted octanol–water partition coefficient (Wildman–Crippen LogP) is 2.35. The average Bonchev–Trinajstić information content (AvgIpc) is 2.69. The van der Waals surface area contributed by atoms with Gasteiger partial charge in [0.1, 0.15) is 17.7 Å². The Morgan fingerprint density at radius 2 is 2.03 bits per heavy atom. The van der Waals surface area contributed by atoms with Crippen molar-refractivity contribution in [2.24, 2.45) is 7.05 Å². The first kappa shape index (κ1) is 20.6. The third kappa shape index (κ3) is 4.02. The number of pyridine rings is 1. The van der Waals surface area contributed by atoms with Gasteiger partial charge in [-0.05, 0) is 31.5 Å². The third-order valence-corrected chi connectivity index (χ3v) is 4.69. The zero-order valence-electron chi connectivity index (χ0n) is 16.4. The average molecular weight is 417 g/mol. The highest BCUT2D eigenvalue weighted by Crippen LogP contribution is 2.25. The van der Waals surface area contributed by atoms with Crippen molar-refractivity contribution < 1.29 is 9.53 Å². The van der Waals surface area contributed by atoms with Gasteiger partial charge < -0.3 is 10.1 Å². The van der Waals surface area contributed by atoms with E-state index in [4.69, 9.17) is 16.3 Å². The molecule has 29 heavy (non-hydrogen) atoms. The number of anilines is 1. The summed E-state index contributed by atoms with van der Waals surface area (Å²) in [6.45, 7) is 3.63. The molecule has 3 rings (SSSR count). The van der Waals surface area contributed by atoms with E-state index in [-0.39, 0.29) is 11.0 Å². The molecule has 1 aromatic carbocycles. The van der Waals surface area contributed by atoms with E-state index in [2.05, 4.69) is 10.3 Å². The standard InChI is InChI=1S/C20H21ClN4O4/c1-4-12-10-22-18-16(17(12)29-5-2)19(27)25(20(28)24(18)3)11-15(26)23-14-8-6-7-13(21)9-14/h6-10H,4-5,11H2,1-3H3,(H,23,26). The lowest BCUT2D eigenvalue weighted by Gasteiger charge is -2.15. The molecule has 0 fully saturated rings. The monoisotopic (exact) mass is 416 g/mol.